The van der Waals surface area contributed by atoms with Gasteiger partial charge in [-0.05, 0) is 48.4 Å². The van der Waals surface area contributed by atoms with E-state index in [4.69, 9.17) is 4.74 Å². The van der Waals surface area contributed by atoms with Crippen molar-refractivity contribution >= 4 is 11.6 Å². The zero-order valence-corrected chi connectivity index (χ0v) is 13.7. The highest BCUT2D eigenvalue weighted by atomic mass is 16.5. The second kappa shape index (κ2) is 7.01. The van der Waals surface area contributed by atoms with E-state index in [1.165, 1.54) is 0 Å². The molecule has 1 N–H and O–H groups in total. The summed E-state index contributed by atoms with van der Waals surface area (Å²) in [5.41, 5.74) is 4.58. The Bertz CT molecular complexity index is 857. The molecule has 0 aliphatic carbocycles. The number of benzene rings is 3. The van der Waals surface area contributed by atoms with Gasteiger partial charge in [0.05, 0.1) is 7.11 Å². The van der Waals surface area contributed by atoms with Gasteiger partial charge in [0.25, 0.3) is 5.91 Å². The first-order chi connectivity index (χ1) is 11.7. The Labute approximate surface area is 141 Å². The van der Waals surface area contributed by atoms with E-state index in [0.717, 1.165) is 22.4 Å². The molecule has 3 rings (SSSR count). The summed E-state index contributed by atoms with van der Waals surface area (Å²) in [4.78, 5) is 12.4. The van der Waals surface area contributed by atoms with Crippen molar-refractivity contribution in [1.82, 2.24) is 0 Å². The zero-order valence-electron chi connectivity index (χ0n) is 13.7. The summed E-state index contributed by atoms with van der Waals surface area (Å²) < 4.78 is 5.52. The third kappa shape index (κ3) is 3.30. The second-order valence-electron chi connectivity index (χ2n) is 5.55. The third-order valence-electron chi connectivity index (χ3n) is 3.93. The maximum absolute atomic E-state index is 12.4. The van der Waals surface area contributed by atoms with Crippen molar-refractivity contribution in [3.63, 3.8) is 0 Å². The molecule has 0 atom stereocenters. The minimum atomic E-state index is -0.157. The number of methoxy groups -OCH3 is 1. The van der Waals surface area contributed by atoms with Crippen LogP contribution in [0.25, 0.3) is 11.1 Å². The van der Waals surface area contributed by atoms with Crippen LogP contribution in [-0.2, 0) is 0 Å². The van der Waals surface area contributed by atoms with Gasteiger partial charge in [0.15, 0.2) is 0 Å². The third-order valence-corrected chi connectivity index (χ3v) is 3.93. The predicted octanol–water partition coefficient (Wildman–Crippen LogP) is 4.92. The molecule has 0 radical (unpaired) electrons. The predicted molar refractivity (Wildman–Crippen MR) is 97.6 cm³/mol. The van der Waals surface area contributed by atoms with E-state index in [1.54, 1.807) is 13.2 Å². The molecule has 3 nitrogen and oxygen atoms in total. The summed E-state index contributed by atoms with van der Waals surface area (Å²) in [6.07, 6.45) is 0. The minimum absolute atomic E-state index is 0.157. The van der Waals surface area contributed by atoms with Crippen molar-refractivity contribution in [3.05, 3.63) is 83.9 Å². The molecule has 3 heteroatoms. The highest BCUT2D eigenvalue weighted by Gasteiger charge is 2.13. The molecule has 0 heterocycles. The minimum Gasteiger partial charge on any atom is -0.496 e. The fraction of sp³-hybridized carbons (Fsp3) is 0.0952. The Morgan fingerprint density at radius 2 is 1.58 bits per heavy atom. The molecule has 0 aromatic heterocycles. The van der Waals surface area contributed by atoms with Crippen molar-refractivity contribution in [2.75, 3.05) is 12.4 Å². The SMILES string of the molecule is COc1cc(C(=O)Nc2ccccc2)ccc1-c1ccccc1C. The fourth-order valence-corrected chi connectivity index (χ4v) is 2.65. The Morgan fingerprint density at radius 3 is 2.29 bits per heavy atom. The molecular weight excluding hydrogens is 298 g/mol. The van der Waals surface area contributed by atoms with Crippen LogP contribution in [0.2, 0.25) is 0 Å². The maximum atomic E-state index is 12.4. The molecule has 0 saturated carbocycles. The van der Waals surface area contributed by atoms with Crippen LogP contribution in [0.15, 0.2) is 72.8 Å². The lowest BCUT2D eigenvalue weighted by molar-refractivity contribution is 0.102. The maximum Gasteiger partial charge on any atom is 0.255 e. The highest BCUT2D eigenvalue weighted by Crippen LogP contribution is 2.33. The Kier molecular flexibility index (Phi) is 4.62. The average Bonchev–Trinajstić information content (AvgIpc) is 2.62. The number of carbonyl (C=O) groups excluding carboxylic acids is 1. The van der Waals surface area contributed by atoms with E-state index < -0.39 is 0 Å². The van der Waals surface area contributed by atoms with Crippen LogP contribution in [0.1, 0.15) is 15.9 Å². The van der Waals surface area contributed by atoms with Crippen LogP contribution < -0.4 is 10.1 Å². The molecular formula is C21H19NO2. The van der Waals surface area contributed by atoms with Gasteiger partial charge in [0, 0.05) is 16.8 Å². The molecule has 0 unspecified atom stereocenters. The summed E-state index contributed by atoms with van der Waals surface area (Å²) in [7, 11) is 1.62. The molecule has 0 spiro atoms. The summed E-state index contributed by atoms with van der Waals surface area (Å²) in [5.74, 6) is 0.529. The molecule has 3 aromatic carbocycles. The number of anilines is 1. The smallest absolute Gasteiger partial charge is 0.255 e. The number of para-hydroxylation sites is 1. The molecule has 0 saturated heterocycles. The molecule has 3 aromatic rings. The van der Waals surface area contributed by atoms with E-state index in [2.05, 4.69) is 24.4 Å². The van der Waals surface area contributed by atoms with Gasteiger partial charge in [-0.2, -0.15) is 0 Å². The standard InChI is InChI=1S/C21H19NO2/c1-15-8-6-7-11-18(15)19-13-12-16(14-20(19)24-2)21(23)22-17-9-4-3-5-10-17/h3-14H,1-2H3,(H,22,23). The largest absolute Gasteiger partial charge is 0.496 e. The van der Waals surface area contributed by atoms with Gasteiger partial charge in [0.1, 0.15) is 5.75 Å². The van der Waals surface area contributed by atoms with Gasteiger partial charge in [-0.1, -0.05) is 42.5 Å². The van der Waals surface area contributed by atoms with E-state index >= 15 is 0 Å². The lowest BCUT2D eigenvalue weighted by atomic mass is 9.98. The first-order valence-corrected chi connectivity index (χ1v) is 7.79. The Hall–Kier alpha value is -3.07. The number of amides is 1. The van der Waals surface area contributed by atoms with Crippen LogP contribution in [0.4, 0.5) is 5.69 Å². The van der Waals surface area contributed by atoms with Gasteiger partial charge in [-0.25, -0.2) is 0 Å². The highest BCUT2D eigenvalue weighted by molar-refractivity contribution is 6.05. The summed E-state index contributed by atoms with van der Waals surface area (Å²) in [6, 6.07) is 23.1. The molecule has 0 bridgehead atoms. The fourth-order valence-electron chi connectivity index (χ4n) is 2.65. The van der Waals surface area contributed by atoms with Gasteiger partial charge < -0.3 is 10.1 Å². The van der Waals surface area contributed by atoms with Crippen molar-refractivity contribution in [2.24, 2.45) is 0 Å². The van der Waals surface area contributed by atoms with Gasteiger partial charge in [0.2, 0.25) is 0 Å². The summed E-state index contributed by atoms with van der Waals surface area (Å²) in [6.45, 7) is 2.06. The van der Waals surface area contributed by atoms with Crippen molar-refractivity contribution < 1.29 is 9.53 Å². The van der Waals surface area contributed by atoms with Crippen LogP contribution in [0, 0.1) is 6.92 Å². The van der Waals surface area contributed by atoms with Crippen LogP contribution >= 0.6 is 0 Å². The van der Waals surface area contributed by atoms with Crippen molar-refractivity contribution in [1.29, 1.82) is 0 Å². The number of ether oxygens (including phenoxy) is 1. The Balaban J connectivity index is 1.92. The number of hydrogen-bond acceptors (Lipinski definition) is 2. The van der Waals surface area contributed by atoms with Gasteiger partial charge in [-0.3, -0.25) is 4.79 Å². The number of hydrogen-bond donors (Lipinski definition) is 1. The van der Waals surface area contributed by atoms with Gasteiger partial charge in [-0.15, -0.1) is 0 Å². The second-order valence-corrected chi connectivity index (χ2v) is 5.55. The lowest BCUT2D eigenvalue weighted by Crippen LogP contribution is -2.12. The molecule has 0 aliphatic heterocycles. The quantitative estimate of drug-likeness (QED) is 0.741. The van der Waals surface area contributed by atoms with Crippen molar-refractivity contribution in [2.45, 2.75) is 6.92 Å². The van der Waals surface area contributed by atoms with Crippen LogP contribution in [0.5, 0.6) is 5.75 Å². The monoisotopic (exact) mass is 317 g/mol. The zero-order chi connectivity index (χ0) is 16.9. The summed E-state index contributed by atoms with van der Waals surface area (Å²) in [5, 5.41) is 2.89. The number of rotatable bonds is 4. The van der Waals surface area contributed by atoms with E-state index in [9.17, 15) is 4.79 Å². The summed E-state index contributed by atoms with van der Waals surface area (Å²) >= 11 is 0. The Morgan fingerprint density at radius 1 is 0.875 bits per heavy atom. The van der Waals surface area contributed by atoms with Gasteiger partial charge >= 0.3 is 0 Å². The lowest BCUT2D eigenvalue weighted by Gasteiger charge is -2.13. The molecule has 24 heavy (non-hydrogen) atoms. The molecule has 0 fully saturated rings. The number of carbonyl (C=O) groups is 1. The first kappa shape index (κ1) is 15.8. The van der Waals surface area contributed by atoms with E-state index in [1.807, 2.05) is 54.6 Å². The topological polar surface area (TPSA) is 38.3 Å². The van der Waals surface area contributed by atoms with Crippen molar-refractivity contribution in [3.8, 4) is 16.9 Å². The molecule has 1 amide bonds. The molecule has 120 valence electrons. The van der Waals surface area contributed by atoms with E-state index in [-0.39, 0.29) is 5.91 Å². The van der Waals surface area contributed by atoms with E-state index in [0.29, 0.717) is 11.3 Å². The van der Waals surface area contributed by atoms with Crippen LogP contribution in [0.3, 0.4) is 0 Å². The number of nitrogens with one attached hydrogen (secondary N) is 1. The molecule has 0 aliphatic rings. The normalized spacial score (nSPS) is 10.2. The van der Waals surface area contributed by atoms with Crippen LogP contribution in [-0.4, -0.2) is 13.0 Å². The average molecular weight is 317 g/mol. The number of aryl methyl sites for hydroxylation is 1. The first-order valence-electron chi connectivity index (χ1n) is 7.79.